The highest BCUT2D eigenvalue weighted by molar-refractivity contribution is 8.00. The lowest BCUT2D eigenvalue weighted by Crippen LogP contribution is -2.28. The van der Waals surface area contributed by atoms with Crippen molar-refractivity contribution in [2.75, 3.05) is 0 Å². The maximum Gasteiger partial charge on any atom is 0.0629 e. The molecule has 0 spiro atoms. The molecule has 0 aliphatic heterocycles. The molecule has 74 valence electrons. The third kappa shape index (κ3) is 2.95. The number of terminal acetylenes is 1. The second kappa shape index (κ2) is 4.96. The van der Waals surface area contributed by atoms with E-state index in [0.717, 1.165) is 17.1 Å². The number of thioether (sulfide) groups is 1. The van der Waals surface area contributed by atoms with Crippen molar-refractivity contribution in [3.8, 4) is 12.3 Å². The van der Waals surface area contributed by atoms with Gasteiger partial charge in [-0.05, 0) is 31.6 Å². The molecule has 1 aliphatic rings. The lowest BCUT2D eigenvalue weighted by Gasteiger charge is -2.34. The van der Waals surface area contributed by atoms with Gasteiger partial charge in [0, 0.05) is 5.25 Å². The van der Waals surface area contributed by atoms with Crippen LogP contribution < -0.4 is 0 Å². The minimum Gasteiger partial charge on any atom is -0.142 e. The molecule has 0 saturated heterocycles. The monoisotopic (exact) mass is 196 g/mol. The molecule has 1 fully saturated rings. The van der Waals surface area contributed by atoms with Crippen LogP contribution in [-0.4, -0.2) is 10.5 Å². The van der Waals surface area contributed by atoms with Crippen LogP contribution in [0, 0.1) is 24.2 Å². The Labute approximate surface area is 86.9 Å². The summed E-state index contributed by atoms with van der Waals surface area (Å²) < 4.78 is 0. The molecule has 0 radical (unpaired) electrons. The quantitative estimate of drug-likeness (QED) is 0.608. The molecule has 3 unspecified atom stereocenters. The summed E-state index contributed by atoms with van der Waals surface area (Å²) in [5, 5.41) is 1.17. The molecule has 3 atom stereocenters. The molecule has 1 rings (SSSR count). The molecule has 0 nitrogen and oxygen atoms in total. The number of hydrogen-bond donors (Lipinski definition) is 0. The van der Waals surface area contributed by atoms with E-state index in [1.165, 1.54) is 19.3 Å². The van der Waals surface area contributed by atoms with Gasteiger partial charge in [0.05, 0.1) is 5.25 Å². The van der Waals surface area contributed by atoms with E-state index in [-0.39, 0.29) is 0 Å². The van der Waals surface area contributed by atoms with Gasteiger partial charge in [-0.3, -0.25) is 0 Å². The summed E-state index contributed by atoms with van der Waals surface area (Å²) in [6.45, 7) is 6.88. The minimum atomic E-state index is 0.382. The van der Waals surface area contributed by atoms with Crippen molar-refractivity contribution in [1.82, 2.24) is 0 Å². The second-order valence-electron chi connectivity index (χ2n) is 4.30. The normalized spacial score (nSPS) is 36.6. The van der Waals surface area contributed by atoms with Gasteiger partial charge in [-0.1, -0.05) is 26.2 Å². The van der Waals surface area contributed by atoms with Crippen LogP contribution in [0.4, 0.5) is 0 Å². The number of hydrogen-bond acceptors (Lipinski definition) is 1. The van der Waals surface area contributed by atoms with Gasteiger partial charge in [0.2, 0.25) is 0 Å². The standard InChI is InChI=1S/C12H20S/c1-5-11(4)13-12-9(2)7-6-8-10(12)3/h1,9-12H,6-8H2,2-4H3. The first-order chi connectivity index (χ1) is 6.15. The fraction of sp³-hybridized carbons (Fsp3) is 0.833. The van der Waals surface area contributed by atoms with E-state index in [1.54, 1.807) is 0 Å². The van der Waals surface area contributed by atoms with E-state index in [1.807, 2.05) is 11.8 Å². The Hall–Kier alpha value is -0.0900. The van der Waals surface area contributed by atoms with Crippen LogP contribution in [0.1, 0.15) is 40.0 Å². The second-order valence-corrected chi connectivity index (χ2v) is 5.82. The lowest BCUT2D eigenvalue weighted by atomic mass is 9.83. The van der Waals surface area contributed by atoms with Gasteiger partial charge in [0.25, 0.3) is 0 Å². The van der Waals surface area contributed by atoms with E-state index >= 15 is 0 Å². The van der Waals surface area contributed by atoms with Crippen LogP contribution in [0.3, 0.4) is 0 Å². The predicted molar refractivity (Wildman–Crippen MR) is 61.9 cm³/mol. The molecule has 0 bridgehead atoms. The van der Waals surface area contributed by atoms with Gasteiger partial charge in [0.15, 0.2) is 0 Å². The van der Waals surface area contributed by atoms with E-state index in [0.29, 0.717) is 5.25 Å². The predicted octanol–water partition coefficient (Wildman–Crippen LogP) is 3.57. The van der Waals surface area contributed by atoms with Crippen molar-refractivity contribution in [1.29, 1.82) is 0 Å². The highest BCUT2D eigenvalue weighted by Crippen LogP contribution is 2.38. The van der Waals surface area contributed by atoms with E-state index in [2.05, 4.69) is 26.7 Å². The highest BCUT2D eigenvalue weighted by Gasteiger charge is 2.28. The molecule has 1 saturated carbocycles. The maximum absolute atomic E-state index is 5.41. The zero-order valence-electron chi connectivity index (χ0n) is 8.92. The average molecular weight is 196 g/mol. The Morgan fingerprint density at radius 3 is 2.31 bits per heavy atom. The van der Waals surface area contributed by atoms with Crippen molar-refractivity contribution in [2.24, 2.45) is 11.8 Å². The summed E-state index contributed by atoms with van der Waals surface area (Å²) in [6.07, 6.45) is 9.59. The van der Waals surface area contributed by atoms with Gasteiger partial charge in [-0.15, -0.1) is 18.2 Å². The summed E-state index contributed by atoms with van der Waals surface area (Å²) in [5.74, 6) is 4.52. The molecule has 1 aliphatic carbocycles. The van der Waals surface area contributed by atoms with Crippen molar-refractivity contribution in [3.05, 3.63) is 0 Å². The summed E-state index contributed by atoms with van der Waals surface area (Å²) in [5.41, 5.74) is 0. The first kappa shape index (κ1) is 11.0. The van der Waals surface area contributed by atoms with Crippen molar-refractivity contribution >= 4 is 11.8 Å². The zero-order valence-corrected chi connectivity index (χ0v) is 9.73. The Morgan fingerprint density at radius 2 is 1.85 bits per heavy atom. The minimum absolute atomic E-state index is 0.382. The largest absolute Gasteiger partial charge is 0.142 e. The zero-order chi connectivity index (χ0) is 9.84. The van der Waals surface area contributed by atoms with Gasteiger partial charge >= 0.3 is 0 Å². The highest BCUT2D eigenvalue weighted by atomic mass is 32.2. The van der Waals surface area contributed by atoms with Gasteiger partial charge in [-0.25, -0.2) is 0 Å². The Kier molecular flexibility index (Phi) is 4.19. The van der Waals surface area contributed by atoms with Gasteiger partial charge in [0.1, 0.15) is 0 Å². The Morgan fingerprint density at radius 1 is 1.31 bits per heavy atom. The molecule has 0 aromatic heterocycles. The van der Waals surface area contributed by atoms with Crippen molar-refractivity contribution in [2.45, 2.75) is 50.5 Å². The third-order valence-electron chi connectivity index (χ3n) is 3.04. The summed E-state index contributed by atoms with van der Waals surface area (Å²) in [4.78, 5) is 0. The Bertz CT molecular complexity index is 182. The van der Waals surface area contributed by atoms with E-state index < -0.39 is 0 Å². The first-order valence-corrected chi connectivity index (χ1v) is 6.21. The Balaban J connectivity index is 2.49. The first-order valence-electron chi connectivity index (χ1n) is 5.26. The van der Waals surface area contributed by atoms with Crippen LogP contribution in [0.15, 0.2) is 0 Å². The fourth-order valence-electron chi connectivity index (χ4n) is 2.19. The molecular weight excluding hydrogens is 176 g/mol. The third-order valence-corrected chi connectivity index (χ3v) is 4.82. The van der Waals surface area contributed by atoms with Crippen molar-refractivity contribution < 1.29 is 0 Å². The molecule has 1 heteroatoms. The molecular formula is C12H20S. The molecule has 0 aromatic rings. The molecule has 0 amide bonds. The van der Waals surface area contributed by atoms with Crippen LogP contribution in [0.2, 0.25) is 0 Å². The topological polar surface area (TPSA) is 0 Å². The summed E-state index contributed by atoms with van der Waals surface area (Å²) in [7, 11) is 0. The average Bonchev–Trinajstić information content (AvgIpc) is 2.11. The maximum atomic E-state index is 5.41. The van der Waals surface area contributed by atoms with Crippen molar-refractivity contribution in [3.63, 3.8) is 0 Å². The SMILES string of the molecule is C#CC(C)SC1C(C)CCCC1C. The van der Waals surface area contributed by atoms with E-state index in [9.17, 15) is 0 Å². The van der Waals surface area contributed by atoms with Crippen LogP contribution >= 0.6 is 11.8 Å². The summed E-state index contributed by atoms with van der Waals surface area (Å²) in [6, 6.07) is 0. The lowest BCUT2D eigenvalue weighted by molar-refractivity contribution is 0.314. The summed E-state index contributed by atoms with van der Waals surface area (Å²) >= 11 is 2.00. The van der Waals surface area contributed by atoms with Crippen LogP contribution in [0.5, 0.6) is 0 Å². The molecule has 0 aromatic carbocycles. The smallest absolute Gasteiger partial charge is 0.0629 e. The fourth-order valence-corrected chi connectivity index (χ4v) is 3.55. The van der Waals surface area contributed by atoms with Gasteiger partial charge in [-0.2, -0.15) is 0 Å². The van der Waals surface area contributed by atoms with E-state index in [4.69, 9.17) is 6.42 Å². The van der Waals surface area contributed by atoms with Gasteiger partial charge < -0.3 is 0 Å². The molecule has 0 heterocycles. The van der Waals surface area contributed by atoms with Crippen LogP contribution in [0.25, 0.3) is 0 Å². The number of rotatable bonds is 2. The molecule has 13 heavy (non-hydrogen) atoms. The van der Waals surface area contributed by atoms with Crippen LogP contribution in [-0.2, 0) is 0 Å². The molecule has 0 N–H and O–H groups in total.